The lowest BCUT2D eigenvalue weighted by Gasteiger charge is -2.25. The molecule has 6 nitrogen and oxygen atoms in total. The second kappa shape index (κ2) is 6.85. The van der Waals surface area contributed by atoms with Crippen molar-refractivity contribution in [1.82, 2.24) is 0 Å². The molecule has 2 aromatic carbocycles. The van der Waals surface area contributed by atoms with Crippen LogP contribution in [0.5, 0.6) is 5.75 Å². The van der Waals surface area contributed by atoms with Gasteiger partial charge in [0.2, 0.25) is 0 Å². The van der Waals surface area contributed by atoms with Crippen LogP contribution in [0, 0.1) is 0 Å². The normalized spacial score (nSPS) is 16.9. The molecule has 1 atom stereocenters. The van der Waals surface area contributed by atoms with E-state index in [0.717, 1.165) is 5.56 Å². The third-order valence-corrected chi connectivity index (χ3v) is 3.00. The molecule has 1 aliphatic rings. The highest BCUT2D eigenvalue weighted by Gasteiger charge is 2.26. The lowest BCUT2D eigenvalue weighted by atomic mass is 9.96. The number of phosphoric acid groups is 1. The van der Waals surface area contributed by atoms with Crippen molar-refractivity contribution >= 4 is 13.6 Å². The van der Waals surface area contributed by atoms with Gasteiger partial charge in [0.25, 0.3) is 0 Å². The maximum absolute atomic E-state index is 12.0. The van der Waals surface area contributed by atoms with Gasteiger partial charge in [-0.1, -0.05) is 42.5 Å². The van der Waals surface area contributed by atoms with Gasteiger partial charge < -0.3 is 19.4 Å². The van der Waals surface area contributed by atoms with E-state index in [-0.39, 0.29) is 11.9 Å². The highest BCUT2D eigenvalue weighted by atomic mass is 31.2. The molecule has 0 aliphatic carbocycles. The molecule has 3 rings (SSSR count). The first kappa shape index (κ1) is 16.4. The zero-order valence-electron chi connectivity index (χ0n) is 11.5. The van der Waals surface area contributed by atoms with Gasteiger partial charge in [-0.3, -0.25) is 4.79 Å². The van der Waals surface area contributed by atoms with Crippen molar-refractivity contribution in [3.8, 4) is 5.75 Å². The molecule has 0 radical (unpaired) electrons. The van der Waals surface area contributed by atoms with Gasteiger partial charge in [0.1, 0.15) is 11.9 Å². The van der Waals surface area contributed by atoms with Crippen LogP contribution in [0.3, 0.4) is 0 Å². The number of hydrogen-bond donors (Lipinski definition) is 3. The van der Waals surface area contributed by atoms with Crippen LogP contribution in [0.25, 0.3) is 0 Å². The fraction of sp³-hybridized carbons (Fsp3) is 0.133. The Kier molecular flexibility index (Phi) is 5.11. The predicted octanol–water partition coefficient (Wildman–Crippen LogP) is 2.46. The third kappa shape index (κ3) is 4.79. The van der Waals surface area contributed by atoms with E-state index in [2.05, 4.69) is 0 Å². The standard InChI is InChI=1S/C15H12O2.H3O4P/c16-13-10-15(11-6-2-1-3-7-11)17-14-9-5-4-8-12(13)14;1-5(2,3)4/h1-9,15H,10H2;(H3,1,2,3,4). The first-order chi connectivity index (χ1) is 10.3. The van der Waals surface area contributed by atoms with Crippen molar-refractivity contribution in [2.75, 3.05) is 0 Å². The zero-order valence-corrected chi connectivity index (χ0v) is 12.4. The number of rotatable bonds is 1. The maximum Gasteiger partial charge on any atom is 0.466 e. The van der Waals surface area contributed by atoms with Crippen LogP contribution in [0.1, 0.15) is 28.4 Å². The van der Waals surface area contributed by atoms with E-state index in [9.17, 15) is 4.79 Å². The van der Waals surface area contributed by atoms with Crippen molar-refractivity contribution in [1.29, 1.82) is 0 Å². The van der Waals surface area contributed by atoms with Crippen molar-refractivity contribution in [3.63, 3.8) is 0 Å². The van der Waals surface area contributed by atoms with Crippen LogP contribution in [0.2, 0.25) is 0 Å². The van der Waals surface area contributed by atoms with E-state index in [1.807, 2.05) is 54.6 Å². The van der Waals surface area contributed by atoms with Gasteiger partial charge in [0, 0.05) is 0 Å². The lowest BCUT2D eigenvalue weighted by molar-refractivity contribution is 0.0850. The van der Waals surface area contributed by atoms with Crippen LogP contribution in [0.4, 0.5) is 0 Å². The Morgan fingerprint density at radius 2 is 1.50 bits per heavy atom. The van der Waals surface area contributed by atoms with Crippen LogP contribution in [-0.4, -0.2) is 20.5 Å². The monoisotopic (exact) mass is 322 g/mol. The minimum atomic E-state index is -4.64. The molecule has 116 valence electrons. The summed E-state index contributed by atoms with van der Waals surface area (Å²) >= 11 is 0. The highest BCUT2D eigenvalue weighted by Crippen LogP contribution is 2.34. The molecule has 7 heteroatoms. The average Bonchev–Trinajstić information content (AvgIpc) is 2.46. The number of carbonyl (C=O) groups is 1. The fourth-order valence-corrected chi connectivity index (χ4v) is 2.13. The van der Waals surface area contributed by atoms with E-state index in [1.54, 1.807) is 0 Å². The van der Waals surface area contributed by atoms with E-state index < -0.39 is 7.82 Å². The Hall–Kier alpha value is -1.98. The quantitative estimate of drug-likeness (QED) is 0.697. The summed E-state index contributed by atoms with van der Waals surface area (Å²) in [6.07, 6.45) is 0.264. The molecule has 1 unspecified atom stereocenters. The highest BCUT2D eigenvalue weighted by molar-refractivity contribution is 7.45. The number of benzene rings is 2. The van der Waals surface area contributed by atoms with Gasteiger partial charge in [-0.25, -0.2) is 4.57 Å². The minimum absolute atomic E-state index is 0.153. The van der Waals surface area contributed by atoms with E-state index in [0.29, 0.717) is 17.7 Å². The molecule has 0 saturated carbocycles. The summed E-state index contributed by atoms with van der Waals surface area (Å²) in [5, 5.41) is 0. The predicted molar refractivity (Wildman–Crippen MR) is 79.5 cm³/mol. The van der Waals surface area contributed by atoms with Crippen molar-refractivity contribution in [2.24, 2.45) is 0 Å². The average molecular weight is 322 g/mol. The lowest BCUT2D eigenvalue weighted by Crippen LogP contribution is -2.20. The summed E-state index contributed by atoms with van der Waals surface area (Å²) in [7, 11) is -4.64. The summed E-state index contributed by atoms with van der Waals surface area (Å²) in [6.45, 7) is 0. The molecule has 22 heavy (non-hydrogen) atoms. The number of Topliss-reactive ketones (excluding diaryl/α,β-unsaturated/α-hetero) is 1. The Morgan fingerprint density at radius 1 is 0.955 bits per heavy atom. The summed E-state index contributed by atoms with van der Waals surface area (Å²) < 4.78 is 14.7. The molecule has 0 aromatic heterocycles. The molecule has 0 bridgehead atoms. The Bertz CT molecular complexity index is 686. The maximum atomic E-state index is 12.0. The summed E-state index contributed by atoms with van der Waals surface area (Å²) in [4.78, 5) is 33.6. The summed E-state index contributed by atoms with van der Waals surface area (Å²) in [5.74, 6) is 0.846. The van der Waals surface area contributed by atoms with Crippen molar-refractivity contribution in [3.05, 3.63) is 65.7 Å². The second-order valence-electron chi connectivity index (χ2n) is 4.65. The molecule has 2 aromatic rings. The smallest absolute Gasteiger partial charge is 0.466 e. The molecular formula is C15H15O6P. The number of ether oxygens (including phenoxy) is 1. The number of fused-ring (bicyclic) bond motifs is 1. The van der Waals surface area contributed by atoms with Crippen LogP contribution >= 0.6 is 7.82 Å². The molecule has 0 fully saturated rings. The largest absolute Gasteiger partial charge is 0.484 e. The Balaban J connectivity index is 0.000000309. The summed E-state index contributed by atoms with van der Waals surface area (Å²) in [6, 6.07) is 17.3. The topological polar surface area (TPSA) is 104 Å². The molecule has 1 aliphatic heterocycles. The number of hydrogen-bond acceptors (Lipinski definition) is 3. The molecular weight excluding hydrogens is 307 g/mol. The molecule has 1 heterocycles. The van der Waals surface area contributed by atoms with Gasteiger partial charge in [0.15, 0.2) is 5.78 Å². The van der Waals surface area contributed by atoms with Crippen molar-refractivity contribution in [2.45, 2.75) is 12.5 Å². The van der Waals surface area contributed by atoms with Gasteiger partial charge in [-0.2, -0.15) is 0 Å². The van der Waals surface area contributed by atoms with Crippen molar-refractivity contribution < 1.29 is 28.8 Å². The SMILES string of the molecule is O=C1CC(c2ccccc2)Oc2ccccc21.O=P(O)(O)O. The molecule has 0 spiro atoms. The first-order valence-electron chi connectivity index (χ1n) is 6.47. The van der Waals surface area contributed by atoms with Crippen LogP contribution in [-0.2, 0) is 4.57 Å². The molecule has 0 saturated heterocycles. The first-order valence-corrected chi connectivity index (χ1v) is 8.03. The third-order valence-electron chi connectivity index (χ3n) is 3.00. The van der Waals surface area contributed by atoms with Crippen LogP contribution in [0.15, 0.2) is 54.6 Å². The van der Waals surface area contributed by atoms with E-state index in [1.165, 1.54) is 0 Å². The van der Waals surface area contributed by atoms with Gasteiger partial charge in [0.05, 0.1) is 12.0 Å². The fourth-order valence-electron chi connectivity index (χ4n) is 2.13. The zero-order chi connectivity index (χ0) is 16.2. The number of ketones is 1. The molecule has 3 N–H and O–H groups in total. The summed E-state index contributed by atoms with van der Waals surface area (Å²) in [5.41, 5.74) is 1.75. The minimum Gasteiger partial charge on any atom is -0.484 e. The molecule has 0 amide bonds. The second-order valence-corrected chi connectivity index (χ2v) is 5.68. The Labute approximate surface area is 127 Å². The van der Waals surface area contributed by atoms with Gasteiger partial charge in [-0.05, 0) is 17.7 Å². The van der Waals surface area contributed by atoms with Gasteiger partial charge >= 0.3 is 7.82 Å². The number of carbonyl (C=O) groups excluding carboxylic acids is 1. The van der Waals surface area contributed by atoms with Gasteiger partial charge in [-0.15, -0.1) is 0 Å². The Morgan fingerprint density at radius 3 is 2.14 bits per heavy atom. The van der Waals surface area contributed by atoms with E-state index in [4.69, 9.17) is 24.0 Å². The van der Waals surface area contributed by atoms with E-state index >= 15 is 0 Å². The van der Waals surface area contributed by atoms with Crippen LogP contribution < -0.4 is 4.74 Å². The number of para-hydroxylation sites is 1.